The zero-order valence-electron chi connectivity index (χ0n) is 32.7. The van der Waals surface area contributed by atoms with Crippen LogP contribution in [0.3, 0.4) is 0 Å². The first-order valence-corrected chi connectivity index (χ1v) is 20.0. The van der Waals surface area contributed by atoms with E-state index in [9.17, 15) is 0 Å². The molecule has 0 saturated carbocycles. The van der Waals surface area contributed by atoms with E-state index in [0.717, 1.165) is 17.1 Å². The van der Waals surface area contributed by atoms with Gasteiger partial charge in [-0.2, -0.15) is 0 Å². The molecule has 1 heterocycles. The van der Waals surface area contributed by atoms with Crippen molar-refractivity contribution in [2.24, 2.45) is 0 Å². The van der Waals surface area contributed by atoms with E-state index in [0.29, 0.717) is 0 Å². The molecule has 2 nitrogen and oxygen atoms in total. The molecule has 0 aliphatic heterocycles. The summed E-state index contributed by atoms with van der Waals surface area (Å²) in [5.41, 5.74) is 17.2. The van der Waals surface area contributed by atoms with Gasteiger partial charge in [0.1, 0.15) is 0 Å². The number of nitrogens with zero attached hydrogens (tertiary/aromatic N) is 2. The summed E-state index contributed by atoms with van der Waals surface area (Å²) in [5, 5.41) is 7.45. The molecule has 0 N–H and O–H groups in total. The fourth-order valence-electron chi connectivity index (χ4n) is 9.77. The third-order valence-corrected chi connectivity index (χ3v) is 12.6. The van der Waals surface area contributed by atoms with E-state index in [2.05, 4.69) is 219 Å². The Hall–Kier alpha value is -6.90. The monoisotopic (exact) mass is 730 g/mol. The van der Waals surface area contributed by atoms with Gasteiger partial charge in [-0.3, -0.25) is 0 Å². The van der Waals surface area contributed by atoms with Crippen molar-refractivity contribution in [1.29, 1.82) is 0 Å². The lowest BCUT2D eigenvalue weighted by molar-refractivity contribution is 0.660. The van der Waals surface area contributed by atoms with Crippen molar-refractivity contribution < 1.29 is 0 Å². The van der Waals surface area contributed by atoms with Crippen LogP contribution in [-0.2, 0) is 5.41 Å². The molecule has 10 aromatic rings. The number of aryl methyl sites for hydroxylation is 2. The SMILES string of the molecule is Cc1cc2c(cc1C)C(C)(C)c1c-2cccc1N(c1cccc(-n2c3ccccc3c3ccccc32)c1)c1ccc2ccccc2c1-c1ccc2ccccc2c1. The first kappa shape index (κ1) is 33.4. The molecule has 0 amide bonds. The minimum absolute atomic E-state index is 0.234. The molecule has 0 saturated heterocycles. The summed E-state index contributed by atoms with van der Waals surface area (Å²) in [7, 11) is 0. The molecule has 0 atom stereocenters. The lowest BCUT2D eigenvalue weighted by Crippen LogP contribution is -2.21. The first-order valence-electron chi connectivity index (χ1n) is 20.0. The van der Waals surface area contributed by atoms with Crippen LogP contribution in [0, 0.1) is 13.8 Å². The van der Waals surface area contributed by atoms with Crippen LogP contribution in [0.25, 0.3) is 71.3 Å². The van der Waals surface area contributed by atoms with Gasteiger partial charge in [-0.1, -0.05) is 147 Å². The number of aromatic nitrogens is 1. The van der Waals surface area contributed by atoms with Crippen molar-refractivity contribution in [2.45, 2.75) is 33.1 Å². The fourth-order valence-corrected chi connectivity index (χ4v) is 9.77. The second kappa shape index (κ2) is 12.6. The predicted molar refractivity (Wildman–Crippen MR) is 243 cm³/mol. The quantitative estimate of drug-likeness (QED) is 0.171. The zero-order chi connectivity index (χ0) is 38.4. The van der Waals surface area contributed by atoms with Crippen molar-refractivity contribution in [3.8, 4) is 27.9 Å². The lowest BCUT2D eigenvalue weighted by atomic mass is 9.80. The largest absolute Gasteiger partial charge is 0.309 e. The topological polar surface area (TPSA) is 8.17 Å². The highest BCUT2D eigenvalue weighted by Crippen LogP contribution is 2.56. The molecule has 0 spiro atoms. The standard InChI is InChI=1S/C55H42N2/c1-35-31-47-46-23-14-26-52(54(46)55(3,4)48(47)32-36(35)2)57(42-19-13-18-41(34-42)56-49-24-11-9-21-44(49)45-22-10-12-25-50(45)56)51-30-29-38-16-7-8-20-43(38)53(51)40-28-27-37-15-5-6-17-39(37)33-40/h5-34H,1-4H3. The van der Waals surface area contributed by atoms with Gasteiger partial charge in [-0.15, -0.1) is 0 Å². The molecule has 1 aliphatic rings. The highest BCUT2D eigenvalue weighted by atomic mass is 15.2. The average molecular weight is 731 g/mol. The third-order valence-electron chi connectivity index (χ3n) is 12.6. The minimum atomic E-state index is -0.234. The van der Waals surface area contributed by atoms with E-state index < -0.39 is 0 Å². The molecule has 272 valence electrons. The lowest BCUT2D eigenvalue weighted by Gasteiger charge is -2.34. The molecule has 0 bridgehead atoms. The highest BCUT2D eigenvalue weighted by Gasteiger charge is 2.39. The van der Waals surface area contributed by atoms with Crippen LogP contribution in [0.4, 0.5) is 17.1 Å². The van der Waals surface area contributed by atoms with Crippen LogP contribution in [0.5, 0.6) is 0 Å². The Kier molecular flexibility index (Phi) is 7.37. The highest BCUT2D eigenvalue weighted by molar-refractivity contribution is 6.10. The zero-order valence-corrected chi connectivity index (χ0v) is 32.7. The molecule has 11 rings (SSSR count). The Morgan fingerprint density at radius 3 is 1.86 bits per heavy atom. The van der Waals surface area contributed by atoms with Crippen LogP contribution in [0.2, 0.25) is 0 Å². The maximum Gasteiger partial charge on any atom is 0.0546 e. The van der Waals surface area contributed by atoms with E-state index in [-0.39, 0.29) is 5.41 Å². The average Bonchev–Trinajstić information content (AvgIpc) is 3.69. The Bertz CT molecular complexity index is 3200. The van der Waals surface area contributed by atoms with Crippen molar-refractivity contribution >= 4 is 60.4 Å². The van der Waals surface area contributed by atoms with Crippen LogP contribution in [-0.4, -0.2) is 4.57 Å². The summed E-state index contributed by atoms with van der Waals surface area (Å²) >= 11 is 0. The Morgan fingerprint density at radius 2 is 1.09 bits per heavy atom. The molecule has 0 unspecified atom stereocenters. The van der Waals surface area contributed by atoms with Crippen molar-refractivity contribution in [3.05, 3.63) is 204 Å². The van der Waals surface area contributed by atoms with E-state index in [4.69, 9.17) is 0 Å². The van der Waals surface area contributed by atoms with Crippen LogP contribution >= 0.6 is 0 Å². The smallest absolute Gasteiger partial charge is 0.0546 e. The molecule has 1 aliphatic carbocycles. The van der Waals surface area contributed by atoms with Crippen LogP contribution in [0.1, 0.15) is 36.1 Å². The Labute approximate surface area is 333 Å². The molecule has 0 radical (unpaired) electrons. The second-order valence-corrected chi connectivity index (χ2v) is 16.3. The summed E-state index contributed by atoms with van der Waals surface area (Å²) in [6, 6.07) is 67.6. The molecule has 9 aromatic carbocycles. The third kappa shape index (κ3) is 5.03. The Morgan fingerprint density at radius 1 is 0.456 bits per heavy atom. The molecule has 2 heteroatoms. The molecular formula is C55H42N2. The number of hydrogen-bond acceptors (Lipinski definition) is 1. The van der Waals surface area contributed by atoms with Gasteiger partial charge in [0.25, 0.3) is 0 Å². The van der Waals surface area contributed by atoms with Gasteiger partial charge in [0.15, 0.2) is 0 Å². The summed E-state index contributed by atoms with van der Waals surface area (Å²) in [6.45, 7) is 9.30. The fraction of sp³-hybridized carbons (Fsp3) is 0.0909. The molecule has 0 fully saturated rings. The summed E-state index contributed by atoms with van der Waals surface area (Å²) < 4.78 is 2.43. The van der Waals surface area contributed by atoms with Gasteiger partial charge in [-0.05, 0) is 123 Å². The van der Waals surface area contributed by atoms with Gasteiger partial charge in [0.2, 0.25) is 0 Å². The maximum absolute atomic E-state index is 2.56. The van der Waals surface area contributed by atoms with Gasteiger partial charge in [0, 0.05) is 33.1 Å². The predicted octanol–water partition coefficient (Wildman–Crippen LogP) is 15.2. The number of hydrogen-bond donors (Lipinski definition) is 0. The summed E-state index contributed by atoms with van der Waals surface area (Å²) in [4.78, 5) is 2.56. The summed E-state index contributed by atoms with van der Waals surface area (Å²) in [5.74, 6) is 0. The van der Waals surface area contributed by atoms with E-state index in [1.165, 1.54) is 93.5 Å². The molecular weight excluding hydrogens is 689 g/mol. The van der Waals surface area contributed by atoms with Crippen LogP contribution in [0.15, 0.2) is 182 Å². The van der Waals surface area contributed by atoms with Crippen molar-refractivity contribution in [3.63, 3.8) is 0 Å². The molecule has 57 heavy (non-hydrogen) atoms. The first-order chi connectivity index (χ1) is 27.9. The number of fused-ring (bicyclic) bond motifs is 8. The normalized spacial score (nSPS) is 13.1. The van der Waals surface area contributed by atoms with Gasteiger partial charge in [-0.25, -0.2) is 0 Å². The molecule has 1 aromatic heterocycles. The summed E-state index contributed by atoms with van der Waals surface area (Å²) in [6.07, 6.45) is 0. The van der Waals surface area contributed by atoms with Gasteiger partial charge in [0.05, 0.1) is 22.4 Å². The number of para-hydroxylation sites is 2. The second-order valence-electron chi connectivity index (χ2n) is 16.3. The van der Waals surface area contributed by atoms with Gasteiger partial charge >= 0.3 is 0 Å². The number of anilines is 3. The van der Waals surface area contributed by atoms with Crippen molar-refractivity contribution in [1.82, 2.24) is 4.57 Å². The van der Waals surface area contributed by atoms with Crippen molar-refractivity contribution in [2.75, 3.05) is 4.90 Å². The maximum atomic E-state index is 2.56. The van der Waals surface area contributed by atoms with Gasteiger partial charge < -0.3 is 9.47 Å². The van der Waals surface area contributed by atoms with E-state index in [1.54, 1.807) is 0 Å². The van der Waals surface area contributed by atoms with E-state index >= 15 is 0 Å². The Balaban J connectivity index is 1.23. The number of rotatable bonds is 5. The van der Waals surface area contributed by atoms with Crippen LogP contribution < -0.4 is 4.90 Å². The minimum Gasteiger partial charge on any atom is -0.309 e. The van der Waals surface area contributed by atoms with E-state index in [1.807, 2.05) is 0 Å². The number of benzene rings is 9.